The van der Waals surface area contributed by atoms with Crippen molar-refractivity contribution in [2.45, 2.75) is 40.5 Å². The lowest BCUT2D eigenvalue weighted by Gasteiger charge is -2.04. The molecular formula is C12H22N2O4. The van der Waals surface area contributed by atoms with Crippen molar-refractivity contribution in [1.29, 1.82) is 0 Å². The Hall–Kier alpha value is -1.46. The minimum Gasteiger partial charge on any atom is -0.447 e. The Labute approximate surface area is 108 Å². The summed E-state index contributed by atoms with van der Waals surface area (Å²) >= 11 is 0. The molecule has 104 valence electrons. The molecule has 0 heterocycles. The normalized spacial score (nSPS) is 11.2. The zero-order valence-corrected chi connectivity index (χ0v) is 11.5. The molecule has 0 bridgehead atoms. The van der Waals surface area contributed by atoms with Gasteiger partial charge in [0.15, 0.2) is 0 Å². The fraction of sp³-hybridized carbons (Fsp3) is 0.833. The molecule has 0 saturated carbocycles. The lowest BCUT2D eigenvalue weighted by Crippen LogP contribution is -2.05. The predicted molar refractivity (Wildman–Crippen MR) is 66.5 cm³/mol. The largest absolute Gasteiger partial charge is 0.452 e. The van der Waals surface area contributed by atoms with E-state index < -0.39 is 12.2 Å². The van der Waals surface area contributed by atoms with Gasteiger partial charge in [0, 0.05) is 0 Å². The highest BCUT2D eigenvalue weighted by Gasteiger charge is 2.05. The number of ether oxygens (including phenoxy) is 2. The van der Waals surface area contributed by atoms with Crippen LogP contribution in [0.2, 0.25) is 0 Å². The first-order chi connectivity index (χ1) is 8.41. The summed E-state index contributed by atoms with van der Waals surface area (Å²) in [5, 5.41) is 6.22. The summed E-state index contributed by atoms with van der Waals surface area (Å²) < 4.78 is 9.48. The van der Waals surface area contributed by atoms with Gasteiger partial charge in [0.25, 0.3) is 0 Å². The highest BCUT2D eigenvalue weighted by atomic mass is 16.6. The van der Waals surface area contributed by atoms with Crippen LogP contribution in [0.4, 0.5) is 9.59 Å². The molecule has 0 aromatic rings. The molecule has 18 heavy (non-hydrogen) atoms. The number of hydrogen-bond acceptors (Lipinski definition) is 4. The van der Waals surface area contributed by atoms with Crippen molar-refractivity contribution in [2.75, 3.05) is 13.2 Å². The molecule has 0 N–H and O–H groups in total. The Morgan fingerprint density at radius 3 is 1.44 bits per heavy atom. The summed E-state index contributed by atoms with van der Waals surface area (Å²) in [6.45, 7) is 8.61. The number of carbonyl (C=O) groups is 2. The van der Waals surface area contributed by atoms with E-state index in [0.29, 0.717) is 11.8 Å². The lowest BCUT2D eigenvalue weighted by molar-refractivity contribution is 0.140. The molecule has 0 saturated heterocycles. The van der Waals surface area contributed by atoms with Gasteiger partial charge in [0.1, 0.15) is 0 Å². The zero-order valence-electron chi connectivity index (χ0n) is 11.5. The molecule has 0 spiro atoms. The van der Waals surface area contributed by atoms with Crippen molar-refractivity contribution in [3.05, 3.63) is 0 Å². The zero-order chi connectivity index (χ0) is 14.0. The lowest BCUT2D eigenvalue weighted by atomic mass is 10.1. The first-order valence-electron chi connectivity index (χ1n) is 6.17. The number of amides is 2. The molecule has 0 rings (SSSR count). The van der Waals surface area contributed by atoms with Crippen molar-refractivity contribution in [3.8, 4) is 0 Å². The number of nitrogens with zero attached hydrogens (tertiary/aromatic N) is 2. The first kappa shape index (κ1) is 16.5. The smallest absolute Gasteiger partial charge is 0.447 e. The van der Waals surface area contributed by atoms with Crippen LogP contribution >= 0.6 is 0 Å². The molecule has 0 aliphatic rings. The molecular weight excluding hydrogens is 236 g/mol. The standard InChI is InChI=1S/C12H22N2O4/c1-9(2)5-7-17-11(15)13-14-12(16)18-8-6-10(3)4/h9-10H,5-8H2,1-4H3. The molecule has 6 nitrogen and oxygen atoms in total. The van der Waals surface area contributed by atoms with Gasteiger partial charge in [-0.3, -0.25) is 0 Å². The van der Waals surface area contributed by atoms with Gasteiger partial charge in [-0.05, 0) is 24.7 Å². The molecule has 0 aromatic heterocycles. The average molecular weight is 258 g/mol. The molecule has 0 unspecified atom stereocenters. The molecule has 0 fully saturated rings. The maximum absolute atomic E-state index is 11.0. The Balaban J connectivity index is 3.71. The maximum atomic E-state index is 11.0. The van der Waals surface area contributed by atoms with Crippen LogP contribution in [0.5, 0.6) is 0 Å². The molecule has 0 aromatic carbocycles. The van der Waals surface area contributed by atoms with Crippen LogP contribution in [0.25, 0.3) is 0 Å². The Morgan fingerprint density at radius 2 is 1.17 bits per heavy atom. The van der Waals surface area contributed by atoms with E-state index in [1.54, 1.807) is 0 Å². The van der Waals surface area contributed by atoms with Crippen molar-refractivity contribution in [2.24, 2.45) is 22.1 Å². The van der Waals surface area contributed by atoms with Gasteiger partial charge in [-0.1, -0.05) is 37.9 Å². The molecule has 6 heteroatoms. The number of carbonyl (C=O) groups excluding carboxylic acids is 2. The number of rotatable bonds is 6. The fourth-order valence-corrected chi connectivity index (χ4v) is 0.903. The van der Waals surface area contributed by atoms with Crippen LogP contribution in [-0.2, 0) is 9.47 Å². The molecule has 2 amide bonds. The van der Waals surface area contributed by atoms with Gasteiger partial charge in [-0.25, -0.2) is 9.59 Å². The van der Waals surface area contributed by atoms with Gasteiger partial charge >= 0.3 is 12.2 Å². The number of azo groups is 1. The fourth-order valence-electron chi connectivity index (χ4n) is 0.903. The Morgan fingerprint density at radius 1 is 0.833 bits per heavy atom. The van der Waals surface area contributed by atoms with E-state index in [1.807, 2.05) is 27.7 Å². The topological polar surface area (TPSA) is 77.3 Å². The second-order valence-corrected chi connectivity index (χ2v) is 4.79. The molecule has 0 radical (unpaired) electrons. The van der Waals surface area contributed by atoms with Gasteiger partial charge in [0.2, 0.25) is 0 Å². The Kier molecular flexibility index (Phi) is 8.78. The highest BCUT2D eigenvalue weighted by Crippen LogP contribution is 2.01. The second kappa shape index (κ2) is 9.56. The predicted octanol–water partition coefficient (Wildman–Crippen LogP) is 3.80. The van der Waals surface area contributed by atoms with Crippen molar-refractivity contribution in [1.82, 2.24) is 0 Å². The summed E-state index contributed by atoms with van der Waals surface area (Å²) in [5.74, 6) is 0.881. The van der Waals surface area contributed by atoms with Gasteiger partial charge in [0.05, 0.1) is 13.2 Å². The summed E-state index contributed by atoms with van der Waals surface area (Å²) in [6.07, 6.45) is -0.229. The molecule has 0 aliphatic heterocycles. The van der Waals surface area contributed by atoms with Crippen LogP contribution in [0.1, 0.15) is 40.5 Å². The molecule has 0 aliphatic carbocycles. The minimum atomic E-state index is -0.864. The van der Waals surface area contributed by atoms with E-state index in [-0.39, 0.29) is 13.2 Å². The average Bonchev–Trinajstić information content (AvgIpc) is 2.25. The van der Waals surface area contributed by atoms with Crippen LogP contribution in [-0.4, -0.2) is 25.4 Å². The van der Waals surface area contributed by atoms with Gasteiger partial charge < -0.3 is 9.47 Å². The Bertz CT molecular complexity index is 260. The monoisotopic (exact) mass is 258 g/mol. The quantitative estimate of drug-likeness (QED) is 0.679. The third kappa shape index (κ3) is 11.0. The van der Waals surface area contributed by atoms with Crippen LogP contribution in [0, 0.1) is 11.8 Å². The van der Waals surface area contributed by atoms with E-state index in [2.05, 4.69) is 10.2 Å². The molecule has 0 atom stereocenters. The van der Waals surface area contributed by atoms with E-state index >= 15 is 0 Å². The van der Waals surface area contributed by atoms with Crippen molar-refractivity contribution in [3.63, 3.8) is 0 Å². The number of hydrogen-bond donors (Lipinski definition) is 0. The summed E-state index contributed by atoms with van der Waals surface area (Å²) in [5.41, 5.74) is 0. The van der Waals surface area contributed by atoms with Gasteiger partial charge in [-0.15, -0.1) is 0 Å². The van der Waals surface area contributed by atoms with Crippen molar-refractivity contribution >= 4 is 12.2 Å². The summed E-state index contributed by atoms with van der Waals surface area (Å²) in [7, 11) is 0. The third-order valence-electron chi connectivity index (χ3n) is 2.05. The van der Waals surface area contributed by atoms with Gasteiger partial charge in [-0.2, -0.15) is 0 Å². The van der Waals surface area contributed by atoms with E-state index in [0.717, 1.165) is 12.8 Å². The maximum Gasteiger partial charge on any atom is 0.452 e. The summed E-state index contributed by atoms with van der Waals surface area (Å²) in [4.78, 5) is 22.0. The highest BCUT2D eigenvalue weighted by molar-refractivity contribution is 5.73. The third-order valence-corrected chi connectivity index (χ3v) is 2.05. The van der Waals surface area contributed by atoms with E-state index in [1.165, 1.54) is 0 Å². The van der Waals surface area contributed by atoms with Crippen molar-refractivity contribution < 1.29 is 19.1 Å². The second-order valence-electron chi connectivity index (χ2n) is 4.79. The minimum absolute atomic E-state index is 0.276. The SMILES string of the molecule is CC(C)CCOC(=O)N=NC(=O)OCCC(C)C. The van der Waals surface area contributed by atoms with E-state index in [4.69, 9.17) is 9.47 Å². The van der Waals surface area contributed by atoms with E-state index in [9.17, 15) is 9.59 Å². The van der Waals surface area contributed by atoms with Crippen LogP contribution in [0.15, 0.2) is 10.2 Å². The first-order valence-corrected chi connectivity index (χ1v) is 6.17. The van der Waals surface area contributed by atoms with Crippen LogP contribution < -0.4 is 0 Å². The van der Waals surface area contributed by atoms with Crippen LogP contribution in [0.3, 0.4) is 0 Å². The summed E-state index contributed by atoms with van der Waals surface area (Å²) in [6, 6.07) is 0.